The zero-order valence-corrected chi connectivity index (χ0v) is 13.8. The molecular weight excluding hydrogens is 328 g/mol. The van der Waals surface area contributed by atoms with E-state index in [0.717, 1.165) is 0 Å². The molecule has 0 saturated carbocycles. The quantitative estimate of drug-likeness (QED) is 0.816. The molecule has 0 heterocycles. The fourth-order valence-corrected chi connectivity index (χ4v) is 1.81. The van der Waals surface area contributed by atoms with Crippen LogP contribution in [0.1, 0.15) is 36.6 Å². The van der Waals surface area contributed by atoms with Crippen LogP contribution in [-0.2, 0) is 16.1 Å². The van der Waals surface area contributed by atoms with Gasteiger partial charge < -0.3 is 19.7 Å². The molecule has 0 saturated heterocycles. The number of rotatable bonds is 4. The SMILES string of the molecule is COC(=O)c1cccc(C(=O)O)c1.COC(=O)c1cccc(CO)c1. The molecule has 0 aromatic heterocycles. The van der Waals surface area contributed by atoms with E-state index in [1.165, 1.54) is 38.5 Å². The Kier molecular flexibility index (Phi) is 7.81. The Balaban J connectivity index is 0.000000251. The summed E-state index contributed by atoms with van der Waals surface area (Å²) >= 11 is 0. The smallest absolute Gasteiger partial charge is 0.337 e. The molecule has 0 spiro atoms. The number of hydrogen-bond donors (Lipinski definition) is 2. The zero-order chi connectivity index (χ0) is 18.8. The minimum absolute atomic E-state index is 0.0646. The molecule has 0 amide bonds. The fraction of sp³-hybridized carbons (Fsp3) is 0.167. The van der Waals surface area contributed by atoms with Crippen LogP contribution in [0, 0.1) is 0 Å². The first kappa shape index (κ1) is 19.9. The molecule has 0 bridgehead atoms. The molecule has 7 heteroatoms. The highest BCUT2D eigenvalue weighted by Gasteiger charge is 2.08. The predicted octanol–water partition coefficient (Wildman–Crippen LogP) is 2.14. The zero-order valence-electron chi connectivity index (χ0n) is 13.8. The molecule has 0 aliphatic heterocycles. The van der Waals surface area contributed by atoms with Gasteiger partial charge in [-0.3, -0.25) is 0 Å². The molecule has 0 fully saturated rings. The van der Waals surface area contributed by atoms with E-state index in [0.29, 0.717) is 11.1 Å². The van der Waals surface area contributed by atoms with Gasteiger partial charge in [-0.05, 0) is 35.9 Å². The maximum absolute atomic E-state index is 11.0. The normalized spacial score (nSPS) is 9.40. The standard InChI is InChI=1S/C9H8O4.C9H10O3/c1-13-9(12)7-4-2-3-6(5-7)8(10)11;1-12-9(11)8-4-2-3-7(5-8)6-10/h2-5H,1H3,(H,10,11);2-5,10H,6H2,1H3. The van der Waals surface area contributed by atoms with Gasteiger partial charge in [-0.1, -0.05) is 18.2 Å². The largest absolute Gasteiger partial charge is 0.478 e. The van der Waals surface area contributed by atoms with Crippen molar-refractivity contribution in [2.75, 3.05) is 14.2 Å². The highest BCUT2D eigenvalue weighted by atomic mass is 16.5. The molecule has 0 radical (unpaired) electrons. The van der Waals surface area contributed by atoms with Gasteiger partial charge in [0.15, 0.2) is 0 Å². The second-order valence-electron chi connectivity index (χ2n) is 4.73. The monoisotopic (exact) mass is 346 g/mol. The molecule has 132 valence electrons. The van der Waals surface area contributed by atoms with Crippen LogP contribution in [0.25, 0.3) is 0 Å². The van der Waals surface area contributed by atoms with Crippen LogP contribution in [0.15, 0.2) is 48.5 Å². The van der Waals surface area contributed by atoms with Crippen LogP contribution >= 0.6 is 0 Å². The van der Waals surface area contributed by atoms with E-state index in [-0.39, 0.29) is 23.7 Å². The molecule has 25 heavy (non-hydrogen) atoms. The van der Waals surface area contributed by atoms with Crippen molar-refractivity contribution >= 4 is 17.9 Å². The molecule has 2 N–H and O–H groups in total. The summed E-state index contributed by atoms with van der Waals surface area (Å²) in [5, 5.41) is 17.4. The van der Waals surface area contributed by atoms with Crippen molar-refractivity contribution in [1.29, 1.82) is 0 Å². The summed E-state index contributed by atoms with van der Waals surface area (Å²) in [6.45, 7) is -0.0646. The van der Waals surface area contributed by atoms with Crippen molar-refractivity contribution in [1.82, 2.24) is 0 Å². The molecule has 0 unspecified atom stereocenters. The second kappa shape index (κ2) is 9.84. The number of carboxylic acid groups (broad SMARTS) is 1. The number of methoxy groups -OCH3 is 2. The number of aromatic carboxylic acids is 1. The lowest BCUT2D eigenvalue weighted by Crippen LogP contribution is -2.03. The Morgan fingerprint density at radius 2 is 1.32 bits per heavy atom. The fourth-order valence-electron chi connectivity index (χ4n) is 1.81. The van der Waals surface area contributed by atoms with Gasteiger partial charge in [-0.25, -0.2) is 14.4 Å². The first-order chi connectivity index (χ1) is 11.9. The van der Waals surface area contributed by atoms with E-state index < -0.39 is 11.9 Å². The maximum Gasteiger partial charge on any atom is 0.337 e. The maximum atomic E-state index is 11.0. The third-order valence-corrected chi connectivity index (χ3v) is 3.06. The average molecular weight is 346 g/mol. The average Bonchev–Trinajstić information content (AvgIpc) is 2.67. The van der Waals surface area contributed by atoms with Crippen molar-refractivity contribution in [2.24, 2.45) is 0 Å². The highest BCUT2D eigenvalue weighted by molar-refractivity contribution is 5.94. The number of aliphatic hydroxyl groups is 1. The van der Waals surface area contributed by atoms with Gasteiger partial charge in [0.25, 0.3) is 0 Å². The summed E-state index contributed by atoms with van der Waals surface area (Å²) in [7, 11) is 2.57. The number of carbonyl (C=O) groups excluding carboxylic acids is 2. The number of aliphatic hydroxyl groups excluding tert-OH is 1. The van der Waals surface area contributed by atoms with Gasteiger partial charge in [0.2, 0.25) is 0 Å². The van der Waals surface area contributed by atoms with Crippen LogP contribution < -0.4 is 0 Å². The summed E-state index contributed by atoms with van der Waals surface area (Å²) in [4.78, 5) is 32.5. The summed E-state index contributed by atoms with van der Waals surface area (Å²) in [5.41, 5.74) is 1.48. The topological polar surface area (TPSA) is 110 Å². The Labute approximate surface area is 144 Å². The number of hydrogen-bond acceptors (Lipinski definition) is 6. The van der Waals surface area contributed by atoms with E-state index in [9.17, 15) is 14.4 Å². The van der Waals surface area contributed by atoms with Crippen LogP contribution in [0.2, 0.25) is 0 Å². The van der Waals surface area contributed by atoms with Gasteiger partial charge in [-0.2, -0.15) is 0 Å². The van der Waals surface area contributed by atoms with Crippen LogP contribution in [0.5, 0.6) is 0 Å². The molecular formula is C18H18O7. The van der Waals surface area contributed by atoms with Gasteiger partial charge in [0.1, 0.15) is 0 Å². The van der Waals surface area contributed by atoms with E-state index in [1.54, 1.807) is 24.3 Å². The van der Waals surface area contributed by atoms with Gasteiger partial charge in [-0.15, -0.1) is 0 Å². The number of carbonyl (C=O) groups is 3. The lowest BCUT2D eigenvalue weighted by atomic mass is 10.1. The minimum atomic E-state index is -1.06. The van der Waals surface area contributed by atoms with Crippen molar-refractivity contribution in [3.63, 3.8) is 0 Å². The van der Waals surface area contributed by atoms with Gasteiger partial charge in [0.05, 0.1) is 37.5 Å². The number of carboxylic acids is 1. The first-order valence-electron chi connectivity index (χ1n) is 7.12. The predicted molar refractivity (Wildman–Crippen MR) is 88.4 cm³/mol. The minimum Gasteiger partial charge on any atom is -0.478 e. The molecule has 7 nitrogen and oxygen atoms in total. The molecule has 2 rings (SSSR count). The van der Waals surface area contributed by atoms with E-state index in [4.69, 9.17) is 10.2 Å². The van der Waals surface area contributed by atoms with Gasteiger partial charge >= 0.3 is 17.9 Å². The van der Waals surface area contributed by atoms with E-state index >= 15 is 0 Å². The van der Waals surface area contributed by atoms with Gasteiger partial charge in [0, 0.05) is 0 Å². The Morgan fingerprint density at radius 3 is 1.80 bits per heavy atom. The summed E-state index contributed by atoms with van der Waals surface area (Å²) in [6, 6.07) is 12.4. The van der Waals surface area contributed by atoms with Crippen molar-refractivity contribution in [3.05, 3.63) is 70.8 Å². The summed E-state index contributed by atoms with van der Waals surface area (Å²) in [6.07, 6.45) is 0. The lowest BCUT2D eigenvalue weighted by Gasteiger charge is -2.00. The number of benzene rings is 2. The van der Waals surface area contributed by atoms with Crippen molar-refractivity contribution in [2.45, 2.75) is 6.61 Å². The molecule has 0 aliphatic rings. The van der Waals surface area contributed by atoms with Crippen molar-refractivity contribution in [3.8, 4) is 0 Å². The van der Waals surface area contributed by atoms with E-state index in [1.807, 2.05) is 0 Å². The first-order valence-corrected chi connectivity index (χ1v) is 7.12. The highest BCUT2D eigenvalue weighted by Crippen LogP contribution is 2.07. The molecule has 2 aromatic rings. The van der Waals surface area contributed by atoms with E-state index in [2.05, 4.69) is 9.47 Å². The van der Waals surface area contributed by atoms with Crippen LogP contribution in [0.4, 0.5) is 0 Å². The van der Waals surface area contributed by atoms with Crippen LogP contribution in [-0.4, -0.2) is 42.3 Å². The summed E-state index contributed by atoms with van der Waals surface area (Å²) in [5.74, 6) is -1.99. The molecule has 0 aliphatic carbocycles. The lowest BCUT2D eigenvalue weighted by molar-refractivity contribution is 0.0591. The Morgan fingerprint density at radius 1 is 0.840 bits per heavy atom. The molecule has 2 aromatic carbocycles. The summed E-state index contributed by atoms with van der Waals surface area (Å²) < 4.78 is 8.95. The Bertz CT molecular complexity index is 753. The second-order valence-corrected chi connectivity index (χ2v) is 4.73. The number of ether oxygens (including phenoxy) is 2. The molecule has 0 atom stereocenters. The van der Waals surface area contributed by atoms with Crippen LogP contribution in [0.3, 0.4) is 0 Å². The third kappa shape index (κ3) is 6.08. The van der Waals surface area contributed by atoms with Crippen molar-refractivity contribution < 1.29 is 34.1 Å². The number of esters is 2. The third-order valence-electron chi connectivity index (χ3n) is 3.06. The Hall–Kier alpha value is -3.19.